The first-order valence-electron chi connectivity index (χ1n) is 3.81. The largest absolute Gasteiger partial charge is 0.480 e. The fourth-order valence-electron chi connectivity index (χ4n) is 0.731. The maximum atomic E-state index is 10.2. The van der Waals surface area contributed by atoms with Crippen molar-refractivity contribution in [1.29, 1.82) is 0 Å². The number of hydrogen-bond acceptors (Lipinski definition) is 5. The fourth-order valence-corrected chi connectivity index (χ4v) is 0.731. The Balaban J connectivity index is 3.14. The van der Waals surface area contributed by atoms with Crippen molar-refractivity contribution in [2.24, 2.45) is 11.6 Å². The molecule has 0 spiro atoms. The van der Waals surface area contributed by atoms with E-state index in [1.165, 1.54) is 0 Å². The van der Waals surface area contributed by atoms with Gasteiger partial charge in [0.05, 0.1) is 6.67 Å². The topological polar surface area (TPSA) is 113 Å². The second-order valence-electron chi connectivity index (χ2n) is 2.47. The van der Waals surface area contributed by atoms with Crippen molar-refractivity contribution in [3.05, 3.63) is 0 Å². The monoisotopic (exact) mass is 176 g/mol. The van der Waals surface area contributed by atoms with Crippen molar-refractivity contribution in [3.8, 4) is 0 Å². The average Bonchev–Trinajstić information content (AvgIpc) is 2.03. The second kappa shape index (κ2) is 6.99. The summed E-state index contributed by atoms with van der Waals surface area (Å²) in [5.74, 6) is 4.04. The summed E-state index contributed by atoms with van der Waals surface area (Å²) in [4.78, 5) is 10.2. The SMILES string of the molecule is NNCNCCCC(N)C(=O)O. The van der Waals surface area contributed by atoms with Crippen molar-refractivity contribution in [1.82, 2.24) is 10.7 Å². The van der Waals surface area contributed by atoms with Crippen LogP contribution in [0.15, 0.2) is 0 Å². The van der Waals surface area contributed by atoms with Gasteiger partial charge in [-0.15, -0.1) is 0 Å². The Morgan fingerprint density at radius 2 is 2.25 bits per heavy atom. The molecule has 72 valence electrons. The second-order valence-corrected chi connectivity index (χ2v) is 2.47. The van der Waals surface area contributed by atoms with Gasteiger partial charge in [0.1, 0.15) is 6.04 Å². The van der Waals surface area contributed by atoms with Gasteiger partial charge in [-0.2, -0.15) is 0 Å². The van der Waals surface area contributed by atoms with E-state index in [1.54, 1.807) is 0 Å². The van der Waals surface area contributed by atoms with Crippen LogP contribution in [0.5, 0.6) is 0 Å². The van der Waals surface area contributed by atoms with E-state index < -0.39 is 12.0 Å². The summed E-state index contributed by atoms with van der Waals surface area (Å²) < 4.78 is 0. The Hall–Kier alpha value is -0.690. The normalized spacial score (nSPS) is 12.8. The number of carbonyl (C=O) groups is 1. The minimum Gasteiger partial charge on any atom is -0.480 e. The summed E-state index contributed by atoms with van der Waals surface area (Å²) >= 11 is 0. The molecule has 0 radical (unpaired) electrons. The number of carboxylic acids is 1. The zero-order valence-electron chi connectivity index (χ0n) is 6.92. The Morgan fingerprint density at radius 3 is 2.75 bits per heavy atom. The number of hydrogen-bond donors (Lipinski definition) is 5. The van der Waals surface area contributed by atoms with Crippen LogP contribution in [0.1, 0.15) is 12.8 Å². The van der Waals surface area contributed by atoms with Gasteiger partial charge in [-0.05, 0) is 19.4 Å². The molecule has 0 bridgehead atoms. The Morgan fingerprint density at radius 1 is 1.58 bits per heavy atom. The number of hydrazine groups is 1. The molecule has 0 saturated heterocycles. The summed E-state index contributed by atoms with van der Waals surface area (Å²) in [7, 11) is 0. The minimum atomic E-state index is -0.952. The van der Waals surface area contributed by atoms with Crippen molar-refractivity contribution in [2.45, 2.75) is 18.9 Å². The fraction of sp³-hybridized carbons (Fsp3) is 0.833. The van der Waals surface area contributed by atoms with Crippen molar-refractivity contribution < 1.29 is 9.90 Å². The summed E-state index contributed by atoms with van der Waals surface area (Å²) in [5, 5.41) is 11.4. The maximum absolute atomic E-state index is 10.2. The third-order valence-electron chi connectivity index (χ3n) is 1.41. The van der Waals surface area contributed by atoms with E-state index in [0.717, 1.165) is 6.42 Å². The Labute approximate surface area is 71.3 Å². The first-order chi connectivity index (χ1) is 5.68. The highest BCUT2D eigenvalue weighted by atomic mass is 16.4. The molecule has 0 heterocycles. The van der Waals surface area contributed by atoms with E-state index in [-0.39, 0.29) is 0 Å². The van der Waals surface area contributed by atoms with E-state index in [0.29, 0.717) is 19.6 Å². The molecule has 12 heavy (non-hydrogen) atoms. The first kappa shape index (κ1) is 11.3. The molecule has 0 aromatic rings. The molecule has 0 aliphatic rings. The van der Waals surface area contributed by atoms with E-state index in [1.807, 2.05) is 0 Å². The van der Waals surface area contributed by atoms with Gasteiger partial charge in [-0.3, -0.25) is 10.6 Å². The highest BCUT2D eigenvalue weighted by Gasteiger charge is 2.09. The molecule has 6 heteroatoms. The lowest BCUT2D eigenvalue weighted by molar-refractivity contribution is -0.138. The third-order valence-corrected chi connectivity index (χ3v) is 1.41. The molecule has 0 aromatic carbocycles. The van der Waals surface area contributed by atoms with Gasteiger partial charge in [0, 0.05) is 0 Å². The number of aliphatic carboxylic acids is 1. The molecule has 0 amide bonds. The van der Waals surface area contributed by atoms with Crippen molar-refractivity contribution >= 4 is 5.97 Å². The predicted molar refractivity (Wildman–Crippen MR) is 45.0 cm³/mol. The highest BCUT2D eigenvalue weighted by molar-refractivity contribution is 5.72. The molecular formula is C6H16N4O2. The maximum Gasteiger partial charge on any atom is 0.320 e. The first-order valence-corrected chi connectivity index (χ1v) is 3.81. The quantitative estimate of drug-likeness (QED) is 0.135. The molecule has 0 saturated carbocycles. The van der Waals surface area contributed by atoms with Crippen molar-refractivity contribution in [2.75, 3.05) is 13.2 Å². The summed E-state index contributed by atoms with van der Waals surface area (Å²) in [5.41, 5.74) is 7.68. The molecule has 0 aliphatic carbocycles. The van der Waals surface area contributed by atoms with Crippen LogP contribution in [-0.4, -0.2) is 30.3 Å². The smallest absolute Gasteiger partial charge is 0.320 e. The van der Waals surface area contributed by atoms with E-state index in [2.05, 4.69) is 10.7 Å². The van der Waals surface area contributed by atoms with E-state index in [9.17, 15) is 4.79 Å². The number of rotatable bonds is 7. The van der Waals surface area contributed by atoms with Gasteiger partial charge in [0.25, 0.3) is 0 Å². The van der Waals surface area contributed by atoms with Gasteiger partial charge < -0.3 is 16.2 Å². The lowest BCUT2D eigenvalue weighted by atomic mass is 10.2. The molecular weight excluding hydrogens is 160 g/mol. The standard InChI is InChI=1S/C6H16N4O2/c7-5(6(11)12)2-1-3-9-4-10-8/h5,9-10H,1-4,7-8H2,(H,11,12). The van der Waals surface area contributed by atoms with Crippen LogP contribution in [0.2, 0.25) is 0 Å². The molecule has 0 rings (SSSR count). The van der Waals surface area contributed by atoms with Crippen LogP contribution < -0.4 is 22.3 Å². The molecule has 0 aromatic heterocycles. The summed E-state index contributed by atoms with van der Waals surface area (Å²) in [6, 6.07) is -0.752. The van der Waals surface area contributed by atoms with Crippen LogP contribution in [0.3, 0.4) is 0 Å². The summed E-state index contributed by atoms with van der Waals surface area (Å²) in [6.45, 7) is 1.23. The molecule has 0 aliphatic heterocycles. The average molecular weight is 176 g/mol. The lowest BCUT2D eigenvalue weighted by Gasteiger charge is -2.06. The third kappa shape index (κ3) is 6.05. The van der Waals surface area contributed by atoms with Gasteiger partial charge in [-0.25, -0.2) is 5.43 Å². The number of nitrogens with one attached hydrogen (secondary N) is 2. The summed E-state index contributed by atoms with van der Waals surface area (Å²) in [6.07, 6.45) is 1.21. The zero-order chi connectivity index (χ0) is 9.40. The molecule has 1 atom stereocenters. The van der Waals surface area contributed by atoms with Crippen LogP contribution in [0.25, 0.3) is 0 Å². The van der Waals surface area contributed by atoms with Gasteiger partial charge in [0.2, 0.25) is 0 Å². The van der Waals surface area contributed by atoms with Crippen LogP contribution in [-0.2, 0) is 4.79 Å². The Kier molecular flexibility index (Phi) is 6.58. The van der Waals surface area contributed by atoms with Crippen LogP contribution in [0.4, 0.5) is 0 Å². The van der Waals surface area contributed by atoms with Crippen LogP contribution in [0, 0.1) is 0 Å². The highest BCUT2D eigenvalue weighted by Crippen LogP contribution is 1.92. The molecule has 1 unspecified atom stereocenters. The van der Waals surface area contributed by atoms with E-state index >= 15 is 0 Å². The van der Waals surface area contributed by atoms with Gasteiger partial charge in [0.15, 0.2) is 0 Å². The number of carboxylic acid groups (broad SMARTS) is 1. The minimum absolute atomic E-state index is 0.479. The lowest BCUT2D eigenvalue weighted by Crippen LogP contribution is -2.35. The van der Waals surface area contributed by atoms with Crippen molar-refractivity contribution in [3.63, 3.8) is 0 Å². The number of nitrogens with two attached hydrogens (primary N) is 2. The molecule has 6 nitrogen and oxygen atoms in total. The van der Waals surface area contributed by atoms with Gasteiger partial charge in [-0.1, -0.05) is 0 Å². The Bertz CT molecular complexity index is 131. The zero-order valence-corrected chi connectivity index (χ0v) is 6.92. The molecule has 0 fully saturated rings. The van der Waals surface area contributed by atoms with Gasteiger partial charge >= 0.3 is 5.97 Å². The molecule has 7 N–H and O–H groups in total. The van der Waals surface area contributed by atoms with E-state index in [4.69, 9.17) is 16.7 Å². The predicted octanol–water partition coefficient (Wildman–Crippen LogP) is -1.81. The van der Waals surface area contributed by atoms with Crippen LogP contribution >= 0.6 is 0 Å².